The van der Waals surface area contributed by atoms with E-state index in [1.807, 2.05) is 30.3 Å². The van der Waals surface area contributed by atoms with Gasteiger partial charge in [-0.1, -0.05) is 6.07 Å². The van der Waals surface area contributed by atoms with E-state index >= 15 is 0 Å². The first-order valence-corrected chi connectivity index (χ1v) is 2.26. The van der Waals surface area contributed by atoms with Crippen LogP contribution >= 0.6 is 0 Å². The number of rotatable bonds is 0. The fraction of sp³-hybridized carbons (Fsp3) is 0. The standard InChI is InChI=1S/C7H7.Ag/c1-7-5-3-2-4-6-7;/h2-6H,1H2;/q-1;+1. The minimum absolute atomic E-state index is 0. The van der Waals surface area contributed by atoms with Crippen LogP contribution in [0.3, 0.4) is 0 Å². The third-order valence-electron chi connectivity index (χ3n) is 0.843. The molecule has 1 aromatic rings. The fourth-order valence-electron chi connectivity index (χ4n) is 0.478. The van der Waals surface area contributed by atoms with Gasteiger partial charge in [0.25, 0.3) is 0 Å². The largest absolute Gasteiger partial charge is 1.00 e. The molecular weight excluding hydrogens is 192 g/mol. The molecular formula is C7H7Ag. The van der Waals surface area contributed by atoms with Gasteiger partial charge in [-0.3, -0.25) is 0 Å². The van der Waals surface area contributed by atoms with Crippen LogP contribution in [0.15, 0.2) is 30.3 Å². The molecule has 1 heteroatoms. The number of hydrogen-bond acceptors (Lipinski definition) is 0. The van der Waals surface area contributed by atoms with E-state index in [1.165, 1.54) is 0 Å². The molecule has 0 N–H and O–H groups in total. The molecule has 0 amide bonds. The molecule has 0 bridgehead atoms. The normalized spacial score (nSPS) is 7.50. The molecule has 0 aliphatic heterocycles. The van der Waals surface area contributed by atoms with E-state index < -0.39 is 0 Å². The third-order valence-corrected chi connectivity index (χ3v) is 0.843. The molecule has 0 saturated heterocycles. The molecule has 0 aliphatic carbocycles. The van der Waals surface area contributed by atoms with Gasteiger partial charge < -0.3 is 0 Å². The Hall–Kier alpha value is -0.170. The summed E-state index contributed by atoms with van der Waals surface area (Å²) in [4.78, 5) is 0. The first-order chi connectivity index (χ1) is 3.39. The fourth-order valence-corrected chi connectivity index (χ4v) is 0.478. The molecule has 0 saturated carbocycles. The Morgan fingerprint density at radius 2 is 1.50 bits per heavy atom. The minimum atomic E-state index is 0. The van der Waals surface area contributed by atoms with Crippen molar-refractivity contribution in [3.8, 4) is 0 Å². The molecule has 0 fully saturated rings. The van der Waals surface area contributed by atoms with E-state index in [4.69, 9.17) is 0 Å². The van der Waals surface area contributed by atoms with Crippen LogP contribution in [-0.4, -0.2) is 0 Å². The Balaban J connectivity index is 0.000000490. The van der Waals surface area contributed by atoms with E-state index in [9.17, 15) is 0 Å². The van der Waals surface area contributed by atoms with Gasteiger partial charge in [0.2, 0.25) is 0 Å². The molecule has 0 heterocycles. The van der Waals surface area contributed by atoms with Crippen molar-refractivity contribution >= 4 is 0 Å². The van der Waals surface area contributed by atoms with E-state index in [2.05, 4.69) is 6.92 Å². The summed E-state index contributed by atoms with van der Waals surface area (Å²) in [5, 5.41) is 0. The number of hydrogen-bond donors (Lipinski definition) is 0. The van der Waals surface area contributed by atoms with Crippen molar-refractivity contribution in [2.45, 2.75) is 0 Å². The second-order valence-electron chi connectivity index (χ2n) is 1.49. The predicted octanol–water partition coefficient (Wildman–Crippen LogP) is 1.87. The third kappa shape index (κ3) is 2.22. The Labute approximate surface area is 65.4 Å². The van der Waals surface area contributed by atoms with Crippen molar-refractivity contribution < 1.29 is 22.4 Å². The first-order valence-electron chi connectivity index (χ1n) is 2.26. The first kappa shape index (κ1) is 7.83. The Morgan fingerprint density at radius 3 is 1.75 bits per heavy atom. The average Bonchev–Trinajstić information content (AvgIpc) is 1.69. The molecule has 0 atom stereocenters. The van der Waals surface area contributed by atoms with Gasteiger partial charge in [0, 0.05) is 0 Å². The zero-order valence-electron chi connectivity index (χ0n) is 4.40. The summed E-state index contributed by atoms with van der Waals surface area (Å²) in [6.45, 7) is 3.72. The molecule has 1 rings (SSSR count). The van der Waals surface area contributed by atoms with E-state index in [-0.39, 0.29) is 22.4 Å². The zero-order valence-corrected chi connectivity index (χ0v) is 5.88. The van der Waals surface area contributed by atoms with Crippen LogP contribution in [0.1, 0.15) is 5.56 Å². The van der Waals surface area contributed by atoms with Crippen LogP contribution in [0.25, 0.3) is 0 Å². The average molecular weight is 199 g/mol. The van der Waals surface area contributed by atoms with Crippen molar-refractivity contribution in [1.82, 2.24) is 0 Å². The van der Waals surface area contributed by atoms with Gasteiger partial charge in [-0.2, -0.15) is 24.6 Å². The summed E-state index contributed by atoms with van der Waals surface area (Å²) in [7, 11) is 0. The SMILES string of the molecule is [Ag+].[CH2-]c1ccccc1. The van der Waals surface area contributed by atoms with E-state index in [1.54, 1.807) is 0 Å². The summed E-state index contributed by atoms with van der Waals surface area (Å²) in [6.07, 6.45) is 0. The molecule has 0 aromatic heterocycles. The van der Waals surface area contributed by atoms with Crippen LogP contribution in [0, 0.1) is 6.92 Å². The molecule has 1 aromatic carbocycles. The van der Waals surface area contributed by atoms with Crippen molar-refractivity contribution in [2.24, 2.45) is 0 Å². The Morgan fingerprint density at radius 1 is 1.00 bits per heavy atom. The van der Waals surface area contributed by atoms with E-state index in [0.717, 1.165) is 5.56 Å². The number of benzene rings is 1. The monoisotopic (exact) mass is 198 g/mol. The Bertz CT molecular complexity index is 134. The van der Waals surface area contributed by atoms with Crippen LogP contribution in [0.4, 0.5) is 0 Å². The molecule has 8 heavy (non-hydrogen) atoms. The predicted molar refractivity (Wildman–Crippen MR) is 30.9 cm³/mol. The van der Waals surface area contributed by atoms with Gasteiger partial charge in [-0.15, -0.1) is 12.1 Å². The molecule has 46 valence electrons. The topological polar surface area (TPSA) is 0 Å². The molecule has 0 aliphatic rings. The quantitative estimate of drug-likeness (QED) is 0.442. The van der Waals surface area contributed by atoms with Gasteiger partial charge in [-0.25, -0.2) is 0 Å². The van der Waals surface area contributed by atoms with Crippen molar-refractivity contribution in [1.29, 1.82) is 0 Å². The maximum absolute atomic E-state index is 3.72. The van der Waals surface area contributed by atoms with Crippen molar-refractivity contribution in [2.75, 3.05) is 0 Å². The summed E-state index contributed by atoms with van der Waals surface area (Å²) < 4.78 is 0. The maximum atomic E-state index is 3.72. The van der Waals surface area contributed by atoms with Crippen molar-refractivity contribution in [3.63, 3.8) is 0 Å². The second-order valence-corrected chi connectivity index (χ2v) is 1.49. The summed E-state index contributed by atoms with van der Waals surface area (Å²) in [5.41, 5.74) is 1.07. The van der Waals surface area contributed by atoms with E-state index in [0.29, 0.717) is 0 Å². The summed E-state index contributed by atoms with van der Waals surface area (Å²) >= 11 is 0. The summed E-state index contributed by atoms with van der Waals surface area (Å²) in [6, 6.07) is 9.87. The van der Waals surface area contributed by atoms with Gasteiger partial charge in [0.1, 0.15) is 0 Å². The molecule has 0 unspecified atom stereocenters. The minimum Gasteiger partial charge on any atom is -0.199 e. The van der Waals surface area contributed by atoms with Gasteiger partial charge >= 0.3 is 22.4 Å². The van der Waals surface area contributed by atoms with Gasteiger partial charge in [-0.05, 0) is 0 Å². The summed E-state index contributed by atoms with van der Waals surface area (Å²) in [5.74, 6) is 0. The second kappa shape index (κ2) is 3.79. The zero-order chi connectivity index (χ0) is 5.11. The smallest absolute Gasteiger partial charge is 0.199 e. The molecule has 0 radical (unpaired) electrons. The van der Waals surface area contributed by atoms with Crippen LogP contribution in [0.5, 0.6) is 0 Å². The molecule has 0 spiro atoms. The van der Waals surface area contributed by atoms with Crippen LogP contribution in [-0.2, 0) is 22.4 Å². The van der Waals surface area contributed by atoms with Crippen LogP contribution in [0.2, 0.25) is 0 Å². The maximum Gasteiger partial charge on any atom is 1.00 e. The van der Waals surface area contributed by atoms with Crippen molar-refractivity contribution in [3.05, 3.63) is 42.8 Å². The Kier molecular flexibility index (Phi) is 3.71. The van der Waals surface area contributed by atoms with Gasteiger partial charge in [0.15, 0.2) is 0 Å². The van der Waals surface area contributed by atoms with Gasteiger partial charge in [0.05, 0.1) is 0 Å². The van der Waals surface area contributed by atoms with Crippen LogP contribution < -0.4 is 0 Å². The molecule has 0 nitrogen and oxygen atoms in total.